The Hall–Kier alpha value is -1.31. The van der Waals surface area contributed by atoms with Crippen LogP contribution in [0.1, 0.15) is 25.0 Å². The molecule has 1 rings (SSSR count). The molecule has 72 valence electrons. The molecule has 2 N–H and O–H groups in total. The topological polar surface area (TPSA) is 43.1 Å². The van der Waals surface area contributed by atoms with Gasteiger partial charge in [-0.05, 0) is 18.6 Å². The quantitative estimate of drug-likeness (QED) is 0.559. The van der Waals surface area contributed by atoms with Crippen LogP contribution in [-0.2, 0) is 11.2 Å². The number of hydrogen-bond donors (Lipinski definition) is 1. The summed E-state index contributed by atoms with van der Waals surface area (Å²) in [6.07, 6.45) is 1.28. The Morgan fingerprint density at radius 3 is 2.54 bits per heavy atom. The summed E-state index contributed by atoms with van der Waals surface area (Å²) < 4.78 is 0. The predicted octanol–water partition coefficient (Wildman–Crippen LogP) is 2.34. The van der Waals surface area contributed by atoms with Crippen LogP contribution in [0.15, 0.2) is 18.2 Å². The molecule has 0 bridgehead atoms. The van der Waals surface area contributed by atoms with Gasteiger partial charge in [0, 0.05) is 12.1 Å². The SMILES string of the molecule is CC.Cc1ccc(N)c(CC=O)c1. The van der Waals surface area contributed by atoms with Crippen molar-refractivity contribution in [2.45, 2.75) is 27.2 Å². The number of aldehydes is 1. The van der Waals surface area contributed by atoms with E-state index in [1.165, 1.54) is 0 Å². The van der Waals surface area contributed by atoms with E-state index >= 15 is 0 Å². The number of hydrogen-bond acceptors (Lipinski definition) is 2. The Morgan fingerprint density at radius 1 is 1.38 bits per heavy atom. The smallest absolute Gasteiger partial charge is 0.124 e. The summed E-state index contributed by atoms with van der Waals surface area (Å²) >= 11 is 0. The van der Waals surface area contributed by atoms with E-state index in [0.29, 0.717) is 12.1 Å². The number of aryl methyl sites for hydroxylation is 1. The van der Waals surface area contributed by atoms with Gasteiger partial charge in [-0.3, -0.25) is 0 Å². The van der Waals surface area contributed by atoms with Gasteiger partial charge in [0.15, 0.2) is 0 Å². The highest BCUT2D eigenvalue weighted by atomic mass is 16.1. The van der Waals surface area contributed by atoms with Crippen molar-refractivity contribution < 1.29 is 4.79 Å². The van der Waals surface area contributed by atoms with Crippen molar-refractivity contribution in [1.82, 2.24) is 0 Å². The summed E-state index contributed by atoms with van der Waals surface area (Å²) in [6.45, 7) is 5.98. The van der Waals surface area contributed by atoms with Gasteiger partial charge in [-0.2, -0.15) is 0 Å². The minimum Gasteiger partial charge on any atom is -0.398 e. The van der Waals surface area contributed by atoms with Crippen LogP contribution in [0, 0.1) is 6.92 Å². The first-order chi connectivity index (χ1) is 6.24. The minimum absolute atomic E-state index is 0.410. The van der Waals surface area contributed by atoms with E-state index in [2.05, 4.69) is 0 Å². The molecule has 2 heteroatoms. The highest BCUT2D eigenvalue weighted by Crippen LogP contribution is 2.12. The Morgan fingerprint density at radius 2 is 2.00 bits per heavy atom. The average molecular weight is 179 g/mol. The van der Waals surface area contributed by atoms with Crippen LogP contribution in [-0.4, -0.2) is 6.29 Å². The van der Waals surface area contributed by atoms with Crippen LogP contribution in [0.2, 0.25) is 0 Å². The predicted molar refractivity (Wildman–Crippen MR) is 56.7 cm³/mol. The summed E-state index contributed by atoms with van der Waals surface area (Å²) in [7, 11) is 0. The monoisotopic (exact) mass is 179 g/mol. The molecule has 0 radical (unpaired) electrons. The third-order valence-corrected chi connectivity index (χ3v) is 1.60. The van der Waals surface area contributed by atoms with E-state index in [-0.39, 0.29) is 0 Å². The molecule has 0 aromatic heterocycles. The van der Waals surface area contributed by atoms with Crippen molar-refractivity contribution in [1.29, 1.82) is 0 Å². The van der Waals surface area contributed by atoms with Crippen LogP contribution in [0.25, 0.3) is 0 Å². The molecule has 0 aliphatic carbocycles. The van der Waals surface area contributed by atoms with Crippen molar-refractivity contribution in [3.63, 3.8) is 0 Å². The van der Waals surface area contributed by atoms with Crippen molar-refractivity contribution in [2.75, 3.05) is 5.73 Å². The standard InChI is InChI=1S/C9H11NO.C2H6/c1-7-2-3-9(10)8(6-7)4-5-11;1-2/h2-3,5-6H,4,10H2,1H3;1-2H3. The number of nitrogen functional groups attached to an aromatic ring is 1. The van der Waals surface area contributed by atoms with Crippen molar-refractivity contribution in [3.05, 3.63) is 29.3 Å². The van der Waals surface area contributed by atoms with Crippen LogP contribution in [0.3, 0.4) is 0 Å². The molecule has 0 amide bonds. The number of carbonyl (C=O) groups is 1. The normalized spacial score (nSPS) is 8.54. The van der Waals surface area contributed by atoms with Gasteiger partial charge >= 0.3 is 0 Å². The lowest BCUT2D eigenvalue weighted by atomic mass is 10.1. The maximum Gasteiger partial charge on any atom is 0.124 e. The lowest BCUT2D eigenvalue weighted by molar-refractivity contribution is -0.107. The molecule has 0 spiro atoms. The van der Waals surface area contributed by atoms with Crippen molar-refractivity contribution in [3.8, 4) is 0 Å². The van der Waals surface area contributed by atoms with Crippen LogP contribution >= 0.6 is 0 Å². The van der Waals surface area contributed by atoms with Crippen LogP contribution in [0.4, 0.5) is 5.69 Å². The van der Waals surface area contributed by atoms with E-state index in [0.717, 1.165) is 17.4 Å². The fraction of sp³-hybridized carbons (Fsp3) is 0.364. The number of benzene rings is 1. The molecule has 0 aliphatic heterocycles. The minimum atomic E-state index is 0.410. The summed E-state index contributed by atoms with van der Waals surface area (Å²) in [5, 5.41) is 0. The third-order valence-electron chi connectivity index (χ3n) is 1.60. The first-order valence-electron chi connectivity index (χ1n) is 4.52. The van der Waals surface area contributed by atoms with Crippen LogP contribution in [0.5, 0.6) is 0 Å². The van der Waals surface area contributed by atoms with E-state index in [9.17, 15) is 4.79 Å². The van der Waals surface area contributed by atoms with Crippen molar-refractivity contribution in [2.24, 2.45) is 0 Å². The van der Waals surface area contributed by atoms with Crippen molar-refractivity contribution >= 4 is 12.0 Å². The number of nitrogens with two attached hydrogens (primary N) is 1. The molecule has 1 aromatic rings. The molecule has 0 saturated heterocycles. The molecule has 2 nitrogen and oxygen atoms in total. The molecule has 0 atom stereocenters. The van der Waals surface area contributed by atoms with Gasteiger partial charge < -0.3 is 10.5 Å². The van der Waals surface area contributed by atoms with Crippen LogP contribution < -0.4 is 5.73 Å². The molecule has 13 heavy (non-hydrogen) atoms. The molecular weight excluding hydrogens is 162 g/mol. The lowest BCUT2D eigenvalue weighted by Gasteiger charge is -2.01. The molecule has 0 heterocycles. The highest BCUT2D eigenvalue weighted by Gasteiger charge is 1.96. The van der Waals surface area contributed by atoms with E-state index in [1.807, 2.05) is 39.0 Å². The first-order valence-corrected chi connectivity index (χ1v) is 4.52. The van der Waals surface area contributed by atoms with Gasteiger partial charge in [-0.1, -0.05) is 31.5 Å². The zero-order valence-corrected chi connectivity index (χ0v) is 8.50. The van der Waals surface area contributed by atoms with E-state index in [1.54, 1.807) is 0 Å². The summed E-state index contributed by atoms with van der Waals surface area (Å²) in [6, 6.07) is 5.70. The van der Waals surface area contributed by atoms with Gasteiger partial charge in [-0.15, -0.1) is 0 Å². The Labute approximate surface area is 79.8 Å². The van der Waals surface area contributed by atoms with Gasteiger partial charge in [0.1, 0.15) is 6.29 Å². The maximum atomic E-state index is 10.2. The number of anilines is 1. The summed E-state index contributed by atoms with van der Waals surface area (Å²) in [5.41, 5.74) is 8.37. The Kier molecular flexibility index (Phi) is 5.60. The lowest BCUT2D eigenvalue weighted by Crippen LogP contribution is -1.95. The molecule has 0 fully saturated rings. The number of carbonyl (C=O) groups excluding carboxylic acids is 1. The zero-order valence-electron chi connectivity index (χ0n) is 8.50. The largest absolute Gasteiger partial charge is 0.398 e. The third kappa shape index (κ3) is 3.74. The highest BCUT2D eigenvalue weighted by molar-refractivity contribution is 5.61. The second-order valence-corrected chi connectivity index (χ2v) is 2.57. The molecule has 0 aliphatic rings. The Balaban J connectivity index is 0.000000671. The van der Waals surface area contributed by atoms with Gasteiger partial charge in [-0.25, -0.2) is 0 Å². The number of rotatable bonds is 2. The second kappa shape index (κ2) is 6.23. The average Bonchev–Trinajstić information content (AvgIpc) is 2.15. The molecule has 0 saturated carbocycles. The fourth-order valence-electron chi connectivity index (χ4n) is 1.00. The first kappa shape index (κ1) is 11.7. The van der Waals surface area contributed by atoms with E-state index in [4.69, 9.17) is 5.73 Å². The molecular formula is C11H17NO. The van der Waals surface area contributed by atoms with Gasteiger partial charge in [0.2, 0.25) is 0 Å². The summed E-state index contributed by atoms with van der Waals surface area (Å²) in [4.78, 5) is 10.2. The maximum absolute atomic E-state index is 10.2. The Bertz CT molecular complexity index is 269. The van der Waals surface area contributed by atoms with Gasteiger partial charge in [0.25, 0.3) is 0 Å². The van der Waals surface area contributed by atoms with E-state index < -0.39 is 0 Å². The molecule has 1 aromatic carbocycles. The molecule has 0 unspecified atom stereocenters. The fourth-order valence-corrected chi connectivity index (χ4v) is 1.00. The second-order valence-electron chi connectivity index (χ2n) is 2.57. The summed E-state index contributed by atoms with van der Waals surface area (Å²) in [5.74, 6) is 0. The zero-order chi connectivity index (χ0) is 10.3. The van der Waals surface area contributed by atoms with Gasteiger partial charge in [0.05, 0.1) is 0 Å².